The summed E-state index contributed by atoms with van der Waals surface area (Å²) in [6, 6.07) is 0.471. The molecule has 1 N–H and O–H groups in total. The molecule has 0 aromatic heterocycles. The SMILES string of the molecule is O=C(O)C1CCC(C(=O)N2CCCC2CC2CC3CCC2C3)CC1. The molecule has 0 radical (unpaired) electrons. The van der Waals surface area contributed by atoms with E-state index < -0.39 is 5.97 Å². The molecule has 4 heteroatoms. The van der Waals surface area contributed by atoms with E-state index in [-0.39, 0.29) is 11.8 Å². The molecule has 1 amide bonds. The van der Waals surface area contributed by atoms with Gasteiger partial charge in [-0.05, 0) is 82.0 Å². The van der Waals surface area contributed by atoms with Gasteiger partial charge in [0.25, 0.3) is 0 Å². The Balaban J connectivity index is 1.33. The highest BCUT2D eigenvalue weighted by Gasteiger charge is 2.43. The predicted molar refractivity (Wildman–Crippen MR) is 91.4 cm³/mol. The molecule has 1 heterocycles. The first-order chi connectivity index (χ1) is 11.6. The summed E-state index contributed by atoms with van der Waals surface area (Å²) < 4.78 is 0. The van der Waals surface area contributed by atoms with E-state index in [1.807, 2.05) is 0 Å². The van der Waals surface area contributed by atoms with Gasteiger partial charge in [-0.3, -0.25) is 9.59 Å². The van der Waals surface area contributed by atoms with Crippen LogP contribution in [0.3, 0.4) is 0 Å². The predicted octanol–water partition coefficient (Wildman–Crippen LogP) is 3.69. The number of amides is 1. The second-order valence-corrected chi connectivity index (χ2v) is 8.89. The van der Waals surface area contributed by atoms with E-state index in [0.717, 1.165) is 43.6 Å². The van der Waals surface area contributed by atoms with Gasteiger partial charge in [0.15, 0.2) is 0 Å². The first kappa shape index (κ1) is 16.4. The summed E-state index contributed by atoms with van der Waals surface area (Å²) in [6.45, 7) is 0.934. The summed E-state index contributed by atoms with van der Waals surface area (Å²) in [5.41, 5.74) is 0. The standard InChI is InChI=1S/C20H31NO3/c22-19(14-5-7-15(8-6-14)20(23)24)21-9-1-2-18(21)12-17-11-13-3-4-16(17)10-13/h13-18H,1-12H2,(H,23,24). The molecule has 4 nitrogen and oxygen atoms in total. The van der Waals surface area contributed by atoms with Gasteiger partial charge in [0.2, 0.25) is 5.91 Å². The number of carboxylic acids is 1. The van der Waals surface area contributed by atoms with Crippen LogP contribution in [0.25, 0.3) is 0 Å². The van der Waals surface area contributed by atoms with Crippen LogP contribution in [0.2, 0.25) is 0 Å². The van der Waals surface area contributed by atoms with Crippen molar-refractivity contribution in [2.75, 3.05) is 6.54 Å². The van der Waals surface area contributed by atoms with Crippen LogP contribution in [0.15, 0.2) is 0 Å². The van der Waals surface area contributed by atoms with Crippen LogP contribution < -0.4 is 0 Å². The number of rotatable bonds is 4. The molecule has 4 atom stereocenters. The van der Waals surface area contributed by atoms with Crippen molar-refractivity contribution >= 4 is 11.9 Å². The van der Waals surface area contributed by atoms with Crippen molar-refractivity contribution in [3.8, 4) is 0 Å². The monoisotopic (exact) mass is 333 g/mol. The third kappa shape index (κ3) is 3.09. The zero-order valence-electron chi connectivity index (χ0n) is 14.7. The van der Waals surface area contributed by atoms with Gasteiger partial charge in [-0.25, -0.2) is 0 Å². The lowest BCUT2D eigenvalue weighted by molar-refractivity contribution is -0.146. The number of aliphatic carboxylic acids is 1. The van der Waals surface area contributed by atoms with E-state index in [1.165, 1.54) is 38.5 Å². The smallest absolute Gasteiger partial charge is 0.306 e. The zero-order chi connectivity index (χ0) is 16.7. The molecular formula is C20H31NO3. The van der Waals surface area contributed by atoms with Crippen molar-refractivity contribution in [2.45, 2.75) is 76.7 Å². The summed E-state index contributed by atoms with van der Waals surface area (Å²) in [5.74, 6) is 2.31. The third-order valence-electron chi connectivity index (χ3n) is 7.55. The molecule has 24 heavy (non-hydrogen) atoms. The Morgan fingerprint density at radius 1 is 0.917 bits per heavy atom. The van der Waals surface area contributed by atoms with E-state index >= 15 is 0 Å². The summed E-state index contributed by atoms with van der Waals surface area (Å²) in [4.78, 5) is 26.3. The normalized spacial score (nSPS) is 41.8. The molecule has 2 bridgehead atoms. The van der Waals surface area contributed by atoms with E-state index in [2.05, 4.69) is 4.90 Å². The van der Waals surface area contributed by atoms with Crippen molar-refractivity contribution in [2.24, 2.45) is 29.6 Å². The molecule has 4 aliphatic rings. The fourth-order valence-corrected chi connectivity index (χ4v) is 6.21. The lowest BCUT2D eigenvalue weighted by Crippen LogP contribution is -2.42. The minimum absolute atomic E-state index is 0.0845. The number of carbonyl (C=O) groups is 2. The average molecular weight is 333 g/mol. The number of carbonyl (C=O) groups excluding carboxylic acids is 1. The first-order valence-electron chi connectivity index (χ1n) is 10.1. The molecule has 0 aromatic carbocycles. The molecule has 1 saturated heterocycles. The summed E-state index contributed by atoms with van der Waals surface area (Å²) in [6.07, 6.45) is 12.2. The Kier molecular flexibility index (Phi) is 4.57. The Morgan fingerprint density at radius 3 is 2.29 bits per heavy atom. The summed E-state index contributed by atoms with van der Waals surface area (Å²) >= 11 is 0. The number of carboxylic acid groups (broad SMARTS) is 1. The highest BCUT2D eigenvalue weighted by molar-refractivity contribution is 5.80. The van der Waals surface area contributed by atoms with E-state index in [0.29, 0.717) is 24.8 Å². The summed E-state index contributed by atoms with van der Waals surface area (Å²) in [5, 5.41) is 9.13. The molecule has 1 aliphatic heterocycles. The van der Waals surface area contributed by atoms with Crippen LogP contribution in [0.5, 0.6) is 0 Å². The van der Waals surface area contributed by atoms with Gasteiger partial charge < -0.3 is 10.0 Å². The second kappa shape index (κ2) is 6.68. The van der Waals surface area contributed by atoms with Crippen LogP contribution in [-0.2, 0) is 9.59 Å². The highest BCUT2D eigenvalue weighted by atomic mass is 16.4. The van der Waals surface area contributed by atoms with Crippen LogP contribution in [0.1, 0.15) is 70.6 Å². The highest BCUT2D eigenvalue weighted by Crippen LogP contribution is 2.50. The van der Waals surface area contributed by atoms with Crippen molar-refractivity contribution in [3.05, 3.63) is 0 Å². The number of likely N-dealkylation sites (tertiary alicyclic amines) is 1. The van der Waals surface area contributed by atoms with Gasteiger partial charge in [0.05, 0.1) is 5.92 Å². The Labute approximate surface area is 145 Å². The Morgan fingerprint density at radius 2 is 1.67 bits per heavy atom. The first-order valence-corrected chi connectivity index (χ1v) is 10.1. The lowest BCUT2D eigenvalue weighted by atomic mass is 9.80. The third-order valence-corrected chi connectivity index (χ3v) is 7.55. The number of nitrogens with zero attached hydrogens (tertiary/aromatic N) is 1. The largest absolute Gasteiger partial charge is 0.481 e. The maximum Gasteiger partial charge on any atom is 0.306 e. The molecular weight excluding hydrogens is 302 g/mol. The summed E-state index contributed by atoms with van der Waals surface area (Å²) in [7, 11) is 0. The molecule has 3 saturated carbocycles. The molecule has 0 aromatic rings. The molecule has 3 aliphatic carbocycles. The molecule has 134 valence electrons. The second-order valence-electron chi connectivity index (χ2n) is 8.89. The number of hydrogen-bond acceptors (Lipinski definition) is 2. The van der Waals surface area contributed by atoms with Crippen LogP contribution in [-0.4, -0.2) is 34.5 Å². The van der Waals surface area contributed by atoms with Crippen LogP contribution in [0.4, 0.5) is 0 Å². The van der Waals surface area contributed by atoms with E-state index in [1.54, 1.807) is 0 Å². The van der Waals surface area contributed by atoms with Crippen molar-refractivity contribution < 1.29 is 14.7 Å². The van der Waals surface area contributed by atoms with Gasteiger partial charge in [-0.15, -0.1) is 0 Å². The molecule has 0 spiro atoms. The van der Waals surface area contributed by atoms with Gasteiger partial charge in [0, 0.05) is 18.5 Å². The van der Waals surface area contributed by atoms with E-state index in [4.69, 9.17) is 5.11 Å². The number of hydrogen-bond donors (Lipinski definition) is 1. The van der Waals surface area contributed by atoms with Crippen LogP contribution in [0, 0.1) is 29.6 Å². The minimum Gasteiger partial charge on any atom is -0.481 e. The quantitative estimate of drug-likeness (QED) is 0.853. The van der Waals surface area contributed by atoms with Gasteiger partial charge >= 0.3 is 5.97 Å². The lowest BCUT2D eigenvalue weighted by Gasteiger charge is -2.34. The molecule has 4 unspecified atom stereocenters. The van der Waals surface area contributed by atoms with Crippen LogP contribution >= 0.6 is 0 Å². The fourth-order valence-electron chi connectivity index (χ4n) is 6.21. The van der Waals surface area contributed by atoms with Crippen molar-refractivity contribution in [1.82, 2.24) is 4.90 Å². The Hall–Kier alpha value is -1.06. The average Bonchev–Trinajstić information content (AvgIpc) is 3.31. The Bertz CT molecular complexity index is 497. The maximum atomic E-state index is 13.0. The van der Waals surface area contributed by atoms with Crippen molar-refractivity contribution in [3.63, 3.8) is 0 Å². The van der Waals surface area contributed by atoms with Gasteiger partial charge in [-0.2, -0.15) is 0 Å². The van der Waals surface area contributed by atoms with Gasteiger partial charge in [-0.1, -0.05) is 6.42 Å². The molecule has 4 fully saturated rings. The molecule has 4 rings (SSSR count). The van der Waals surface area contributed by atoms with Gasteiger partial charge in [0.1, 0.15) is 0 Å². The zero-order valence-corrected chi connectivity index (χ0v) is 14.7. The fraction of sp³-hybridized carbons (Fsp3) is 0.900. The van der Waals surface area contributed by atoms with Crippen molar-refractivity contribution in [1.29, 1.82) is 0 Å². The maximum absolute atomic E-state index is 13.0. The van der Waals surface area contributed by atoms with E-state index in [9.17, 15) is 9.59 Å². The topological polar surface area (TPSA) is 57.6 Å². The number of fused-ring (bicyclic) bond motifs is 2. The minimum atomic E-state index is -0.684.